The third-order valence-corrected chi connectivity index (χ3v) is 3.81. The molecule has 0 fully saturated rings. The number of benzene rings is 1. The van der Waals surface area contributed by atoms with Crippen molar-refractivity contribution < 1.29 is 4.74 Å². The van der Waals surface area contributed by atoms with E-state index in [9.17, 15) is 0 Å². The van der Waals surface area contributed by atoms with Crippen molar-refractivity contribution >= 4 is 11.6 Å². The molecule has 1 aromatic carbocycles. The van der Waals surface area contributed by atoms with Crippen molar-refractivity contribution in [2.24, 2.45) is 0 Å². The SMILES string of the molecule is Cc1cccc(Cl)c1OCCCCc1c(C)n[nH]c1C. The molecule has 1 N–H and O–H groups in total. The summed E-state index contributed by atoms with van der Waals surface area (Å²) in [6.07, 6.45) is 3.14. The monoisotopic (exact) mass is 292 g/mol. The number of hydrogen-bond acceptors (Lipinski definition) is 2. The Balaban J connectivity index is 1.77. The molecule has 0 radical (unpaired) electrons. The largest absolute Gasteiger partial charge is 0.492 e. The van der Waals surface area contributed by atoms with Gasteiger partial charge in [0.15, 0.2) is 0 Å². The molecule has 0 amide bonds. The van der Waals surface area contributed by atoms with Crippen LogP contribution in [-0.2, 0) is 6.42 Å². The average Bonchev–Trinajstić information content (AvgIpc) is 2.72. The van der Waals surface area contributed by atoms with E-state index in [-0.39, 0.29) is 0 Å². The number of rotatable bonds is 6. The quantitative estimate of drug-likeness (QED) is 0.802. The number of para-hydroxylation sites is 1. The van der Waals surface area contributed by atoms with Gasteiger partial charge in [-0.25, -0.2) is 0 Å². The van der Waals surface area contributed by atoms with Gasteiger partial charge in [-0.3, -0.25) is 5.10 Å². The normalized spacial score (nSPS) is 10.8. The molecule has 0 saturated carbocycles. The Labute approximate surface area is 125 Å². The lowest BCUT2D eigenvalue weighted by atomic mass is 10.1. The first-order valence-corrected chi connectivity index (χ1v) is 7.35. The molecule has 0 unspecified atom stereocenters. The summed E-state index contributed by atoms with van der Waals surface area (Å²) in [5.41, 5.74) is 4.69. The van der Waals surface area contributed by atoms with Gasteiger partial charge < -0.3 is 4.74 Å². The van der Waals surface area contributed by atoms with Crippen LogP contribution in [-0.4, -0.2) is 16.8 Å². The lowest BCUT2D eigenvalue weighted by molar-refractivity contribution is 0.305. The van der Waals surface area contributed by atoms with Gasteiger partial charge in [0.1, 0.15) is 5.75 Å². The van der Waals surface area contributed by atoms with E-state index in [1.54, 1.807) is 0 Å². The van der Waals surface area contributed by atoms with E-state index in [1.165, 1.54) is 11.3 Å². The summed E-state index contributed by atoms with van der Waals surface area (Å²) in [6.45, 7) is 6.82. The maximum absolute atomic E-state index is 6.13. The molecule has 4 heteroatoms. The van der Waals surface area contributed by atoms with Crippen LogP contribution in [0.5, 0.6) is 5.75 Å². The molecule has 0 saturated heterocycles. The Morgan fingerprint density at radius 2 is 2.00 bits per heavy atom. The van der Waals surface area contributed by atoms with Crippen LogP contribution >= 0.6 is 11.6 Å². The van der Waals surface area contributed by atoms with Crippen molar-refractivity contribution in [3.05, 3.63) is 45.7 Å². The average molecular weight is 293 g/mol. The Bertz CT molecular complexity index is 538. The highest BCUT2D eigenvalue weighted by atomic mass is 35.5. The van der Waals surface area contributed by atoms with Crippen molar-refractivity contribution in [2.75, 3.05) is 6.61 Å². The minimum atomic E-state index is 0.687. The molecule has 0 aliphatic heterocycles. The molecule has 1 heterocycles. The lowest BCUT2D eigenvalue weighted by Crippen LogP contribution is -2.01. The highest BCUT2D eigenvalue weighted by molar-refractivity contribution is 6.32. The summed E-state index contributed by atoms with van der Waals surface area (Å²) < 4.78 is 5.79. The Hall–Kier alpha value is -1.48. The predicted molar refractivity (Wildman–Crippen MR) is 82.7 cm³/mol. The second kappa shape index (κ2) is 6.80. The number of aromatic nitrogens is 2. The van der Waals surface area contributed by atoms with Gasteiger partial charge in [-0.05, 0) is 57.2 Å². The summed E-state index contributed by atoms with van der Waals surface area (Å²) in [7, 11) is 0. The molecule has 1 aromatic heterocycles. The minimum absolute atomic E-state index is 0.687. The zero-order chi connectivity index (χ0) is 14.5. The van der Waals surface area contributed by atoms with E-state index in [0.29, 0.717) is 11.6 Å². The number of aryl methyl sites for hydroxylation is 3. The molecule has 2 aromatic rings. The van der Waals surface area contributed by atoms with Gasteiger partial charge in [0.25, 0.3) is 0 Å². The van der Waals surface area contributed by atoms with Crippen molar-refractivity contribution in [2.45, 2.75) is 40.0 Å². The number of nitrogens with one attached hydrogen (secondary N) is 1. The zero-order valence-electron chi connectivity index (χ0n) is 12.3. The first-order chi connectivity index (χ1) is 9.59. The summed E-state index contributed by atoms with van der Waals surface area (Å²) in [6, 6.07) is 5.82. The zero-order valence-corrected chi connectivity index (χ0v) is 13.0. The summed E-state index contributed by atoms with van der Waals surface area (Å²) in [5.74, 6) is 0.810. The van der Waals surface area contributed by atoms with Gasteiger partial charge in [0, 0.05) is 5.69 Å². The molecular formula is C16H21ClN2O. The number of H-pyrrole nitrogens is 1. The maximum Gasteiger partial charge on any atom is 0.140 e. The van der Waals surface area contributed by atoms with E-state index in [4.69, 9.17) is 16.3 Å². The van der Waals surface area contributed by atoms with E-state index in [1.807, 2.05) is 32.0 Å². The smallest absolute Gasteiger partial charge is 0.140 e. The molecule has 0 aliphatic carbocycles. The van der Waals surface area contributed by atoms with Crippen LogP contribution in [0.4, 0.5) is 0 Å². The van der Waals surface area contributed by atoms with E-state index in [2.05, 4.69) is 17.1 Å². The molecule has 0 atom stereocenters. The predicted octanol–water partition coefficient (Wildman–Crippen LogP) is 4.39. The van der Waals surface area contributed by atoms with E-state index in [0.717, 1.165) is 36.3 Å². The second-order valence-corrected chi connectivity index (χ2v) is 5.51. The number of aromatic amines is 1. The molecule has 3 nitrogen and oxygen atoms in total. The highest BCUT2D eigenvalue weighted by Crippen LogP contribution is 2.28. The fourth-order valence-corrected chi connectivity index (χ4v) is 2.60. The minimum Gasteiger partial charge on any atom is -0.492 e. The third kappa shape index (κ3) is 3.54. The fraction of sp³-hybridized carbons (Fsp3) is 0.438. The van der Waals surface area contributed by atoms with Crippen LogP contribution < -0.4 is 4.74 Å². The van der Waals surface area contributed by atoms with Crippen LogP contribution in [0.2, 0.25) is 5.02 Å². The second-order valence-electron chi connectivity index (χ2n) is 5.10. The molecule has 0 bridgehead atoms. The standard InChI is InChI=1S/C16H21ClN2O/c1-11-7-6-9-15(17)16(11)20-10-5-4-8-14-12(2)18-19-13(14)3/h6-7,9H,4-5,8,10H2,1-3H3,(H,18,19). The van der Waals surface area contributed by atoms with Crippen molar-refractivity contribution in [1.29, 1.82) is 0 Å². The fourth-order valence-electron chi connectivity index (χ4n) is 2.32. The van der Waals surface area contributed by atoms with Crippen LogP contribution in [0.15, 0.2) is 18.2 Å². The summed E-state index contributed by atoms with van der Waals surface area (Å²) in [5, 5.41) is 7.92. The van der Waals surface area contributed by atoms with Crippen LogP contribution in [0.3, 0.4) is 0 Å². The van der Waals surface area contributed by atoms with Gasteiger partial charge in [-0.15, -0.1) is 0 Å². The lowest BCUT2D eigenvalue weighted by Gasteiger charge is -2.10. The molecule has 0 aliphatic rings. The number of hydrogen-bond donors (Lipinski definition) is 1. The van der Waals surface area contributed by atoms with Gasteiger partial charge in [0.2, 0.25) is 0 Å². The number of ether oxygens (including phenoxy) is 1. The van der Waals surface area contributed by atoms with Gasteiger partial charge in [0.05, 0.1) is 17.3 Å². The maximum atomic E-state index is 6.13. The Kier molecular flexibility index (Phi) is 5.07. The summed E-state index contributed by atoms with van der Waals surface area (Å²) >= 11 is 6.13. The number of nitrogens with zero attached hydrogens (tertiary/aromatic N) is 1. The topological polar surface area (TPSA) is 37.9 Å². The third-order valence-electron chi connectivity index (χ3n) is 3.51. The van der Waals surface area contributed by atoms with Crippen LogP contribution in [0.25, 0.3) is 0 Å². The Morgan fingerprint density at radius 1 is 1.20 bits per heavy atom. The Morgan fingerprint density at radius 3 is 2.65 bits per heavy atom. The van der Waals surface area contributed by atoms with Crippen LogP contribution in [0.1, 0.15) is 35.4 Å². The van der Waals surface area contributed by atoms with Gasteiger partial charge in [-0.1, -0.05) is 23.7 Å². The first kappa shape index (κ1) is 14.9. The van der Waals surface area contributed by atoms with E-state index < -0.39 is 0 Å². The van der Waals surface area contributed by atoms with Gasteiger partial charge >= 0.3 is 0 Å². The van der Waals surface area contributed by atoms with Crippen LogP contribution in [0, 0.1) is 20.8 Å². The molecular weight excluding hydrogens is 272 g/mol. The number of unbranched alkanes of at least 4 members (excludes halogenated alkanes) is 1. The van der Waals surface area contributed by atoms with Crippen molar-refractivity contribution in [1.82, 2.24) is 10.2 Å². The number of halogens is 1. The molecule has 108 valence electrons. The highest BCUT2D eigenvalue weighted by Gasteiger charge is 2.07. The van der Waals surface area contributed by atoms with E-state index >= 15 is 0 Å². The summed E-state index contributed by atoms with van der Waals surface area (Å²) in [4.78, 5) is 0. The van der Waals surface area contributed by atoms with Crippen molar-refractivity contribution in [3.8, 4) is 5.75 Å². The molecule has 2 rings (SSSR count). The molecule has 0 spiro atoms. The van der Waals surface area contributed by atoms with Crippen molar-refractivity contribution in [3.63, 3.8) is 0 Å². The van der Waals surface area contributed by atoms with Gasteiger partial charge in [-0.2, -0.15) is 5.10 Å². The molecule has 20 heavy (non-hydrogen) atoms. The first-order valence-electron chi connectivity index (χ1n) is 6.98.